The number of alkyl halides is 3. The van der Waals surface area contributed by atoms with E-state index < -0.39 is 12.6 Å². The quantitative estimate of drug-likeness (QED) is 0.843. The van der Waals surface area contributed by atoms with Gasteiger partial charge < -0.3 is 9.84 Å². The number of aromatic nitrogens is 2. The second kappa shape index (κ2) is 6.00. The van der Waals surface area contributed by atoms with Crippen LogP contribution in [0.5, 0.6) is 0 Å². The SMILES string of the molecule is CCC(C)NCc1nc(CCC(F)(F)F)no1. The topological polar surface area (TPSA) is 51.0 Å². The van der Waals surface area contributed by atoms with Crippen molar-refractivity contribution in [3.05, 3.63) is 11.7 Å². The van der Waals surface area contributed by atoms with E-state index in [1.54, 1.807) is 0 Å². The standard InChI is InChI=1S/C10H16F3N3O/c1-3-7(2)14-6-9-15-8(16-17-9)4-5-10(11,12)13/h7,14H,3-6H2,1-2H3. The number of rotatable bonds is 6. The van der Waals surface area contributed by atoms with Crippen molar-refractivity contribution < 1.29 is 17.7 Å². The highest BCUT2D eigenvalue weighted by molar-refractivity contribution is 4.87. The molecule has 0 aromatic carbocycles. The Morgan fingerprint density at radius 1 is 1.41 bits per heavy atom. The fourth-order valence-corrected chi connectivity index (χ4v) is 1.12. The van der Waals surface area contributed by atoms with E-state index in [0.717, 1.165) is 6.42 Å². The molecule has 0 amide bonds. The van der Waals surface area contributed by atoms with Crippen molar-refractivity contribution in [2.45, 2.75) is 51.9 Å². The van der Waals surface area contributed by atoms with Crippen LogP contribution in [0.4, 0.5) is 13.2 Å². The lowest BCUT2D eigenvalue weighted by molar-refractivity contribution is -0.134. The lowest BCUT2D eigenvalue weighted by Crippen LogP contribution is -2.24. The van der Waals surface area contributed by atoms with Gasteiger partial charge in [-0.15, -0.1) is 0 Å². The van der Waals surface area contributed by atoms with E-state index in [2.05, 4.69) is 15.5 Å². The molecular weight excluding hydrogens is 235 g/mol. The van der Waals surface area contributed by atoms with E-state index in [4.69, 9.17) is 4.52 Å². The van der Waals surface area contributed by atoms with Crippen LogP contribution in [0, 0.1) is 0 Å². The molecule has 0 aliphatic heterocycles. The van der Waals surface area contributed by atoms with Gasteiger partial charge in [-0.3, -0.25) is 0 Å². The number of nitrogens with one attached hydrogen (secondary N) is 1. The molecule has 0 aliphatic rings. The lowest BCUT2D eigenvalue weighted by atomic mass is 10.2. The molecule has 1 N–H and O–H groups in total. The first-order chi connectivity index (χ1) is 7.90. The Labute approximate surface area is 97.6 Å². The predicted octanol–water partition coefficient (Wildman–Crippen LogP) is 2.45. The molecule has 0 saturated heterocycles. The van der Waals surface area contributed by atoms with Gasteiger partial charge in [0.15, 0.2) is 5.82 Å². The molecule has 98 valence electrons. The zero-order chi connectivity index (χ0) is 12.9. The predicted molar refractivity (Wildman–Crippen MR) is 55.3 cm³/mol. The van der Waals surface area contributed by atoms with Gasteiger partial charge in [-0.05, 0) is 13.3 Å². The van der Waals surface area contributed by atoms with E-state index >= 15 is 0 Å². The molecule has 0 saturated carbocycles. The molecule has 0 aliphatic carbocycles. The van der Waals surface area contributed by atoms with Crippen LogP contribution in [0.15, 0.2) is 4.52 Å². The summed E-state index contributed by atoms with van der Waals surface area (Å²) >= 11 is 0. The van der Waals surface area contributed by atoms with Crippen molar-refractivity contribution in [1.29, 1.82) is 0 Å². The van der Waals surface area contributed by atoms with Crippen LogP contribution in [0.25, 0.3) is 0 Å². The molecule has 1 heterocycles. The molecule has 1 rings (SSSR count). The summed E-state index contributed by atoms with van der Waals surface area (Å²) < 4.78 is 40.7. The Balaban J connectivity index is 2.37. The molecule has 0 fully saturated rings. The highest BCUT2D eigenvalue weighted by Gasteiger charge is 2.27. The Morgan fingerprint density at radius 3 is 2.71 bits per heavy atom. The minimum atomic E-state index is -4.18. The zero-order valence-corrected chi connectivity index (χ0v) is 9.84. The lowest BCUT2D eigenvalue weighted by Gasteiger charge is -2.07. The van der Waals surface area contributed by atoms with Crippen LogP contribution in [-0.2, 0) is 13.0 Å². The average molecular weight is 251 g/mol. The van der Waals surface area contributed by atoms with Crippen LogP contribution in [0.1, 0.15) is 38.4 Å². The number of hydrogen-bond acceptors (Lipinski definition) is 4. The van der Waals surface area contributed by atoms with Crippen LogP contribution < -0.4 is 5.32 Å². The molecule has 1 atom stereocenters. The van der Waals surface area contributed by atoms with E-state index in [1.165, 1.54) is 0 Å². The largest absolute Gasteiger partial charge is 0.389 e. The summed E-state index contributed by atoms with van der Waals surface area (Å²) in [5, 5.41) is 6.61. The van der Waals surface area contributed by atoms with Crippen molar-refractivity contribution in [2.24, 2.45) is 0 Å². The third-order valence-corrected chi connectivity index (χ3v) is 2.36. The maximum Gasteiger partial charge on any atom is 0.389 e. The van der Waals surface area contributed by atoms with Gasteiger partial charge in [0.25, 0.3) is 0 Å². The van der Waals surface area contributed by atoms with Crippen molar-refractivity contribution in [3.63, 3.8) is 0 Å². The number of hydrogen-bond donors (Lipinski definition) is 1. The highest BCUT2D eigenvalue weighted by atomic mass is 19.4. The number of nitrogens with zero attached hydrogens (tertiary/aromatic N) is 2. The summed E-state index contributed by atoms with van der Waals surface area (Å²) in [5.74, 6) is 0.422. The minimum Gasteiger partial charge on any atom is -0.338 e. The molecule has 7 heteroatoms. The molecule has 0 bridgehead atoms. The summed E-state index contributed by atoms with van der Waals surface area (Å²) in [5.41, 5.74) is 0. The van der Waals surface area contributed by atoms with Crippen molar-refractivity contribution in [2.75, 3.05) is 0 Å². The third-order valence-electron chi connectivity index (χ3n) is 2.36. The minimum absolute atomic E-state index is 0.100. The summed E-state index contributed by atoms with van der Waals surface area (Å²) in [6, 6.07) is 0.306. The van der Waals surface area contributed by atoms with Crippen LogP contribution in [0.3, 0.4) is 0 Å². The first kappa shape index (κ1) is 14.0. The summed E-state index contributed by atoms with van der Waals surface area (Å²) in [6.07, 6.45) is -4.40. The Morgan fingerprint density at radius 2 is 2.12 bits per heavy atom. The number of halogens is 3. The Bertz CT molecular complexity index is 338. The fraction of sp³-hybridized carbons (Fsp3) is 0.800. The van der Waals surface area contributed by atoms with Gasteiger partial charge in [0, 0.05) is 12.5 Å². The van der Waals surface area contributed by atoms with Gasteiger partial charge in [0.2, 0.25) is 5.89 Å². The summed E-state index contributed by atoms with van der Waals surface area (Å²) in [7, 11) is 0. The van der Waals surface area contributed by atoms with Gasteiger partial charge in [-0.1, -0.05) is 12.1 Å². The maximum absolute atomic E-state index is 11.9. The molecule has 4 nitrogen and oxygen atoms in total. The molecular formula is C10H16F3N3O. The van der Waals surface area contributed by atoms with E-state index in [1.807, 2.05) is 13.8 Å². The first-order valence-electron chi connectivity index (χ1n) is 5.52. The second-order valence-corrected chi connectivity index (χ2v) is 3.91. The van der Waals surface area contributed by atoms with E-state index in [-0.39, 0.29) is 12.2 Å². The first-order valence-corrected chi connectivity index (χ1v) is 5.52. The van der Waals surface area contributed by atoms with Gasteiger partial charge in [0.1, 0.15) is 0 Å². The van der Waals surface area contributed by atoms with Crippen LogP contribution in [-0.4, -0.2) is 22.4 Å². The molecule has 0 radical (unpaired) electrons. The zero-order valence-electron chi connectivity index (χ0n) is 9.84. The van der Waals surface area contributed by atoms with Gasteiger partial charge >= 0.3 is 6.18 Å². The number of aryl methyl sites for hydroxylation is 1. The van der Waals surface area contributed by atoms with E-state index in [9.17, 15) is 13.2 Å². The van der Waals surface area contributed by atoms with Crippen LogP contribution in [0.2, 0.25) is 0 Å². The van der Waals surface area contributed by atoms with Crippen molar-refractivity contribution >= 4 is 0 Å². The van der Waals surface area contributed by atoms with Crippen LogP contribution >= 0.6 is 0 Å². The van der Waals surface area contributed by atoms with Crippen molar-refractivity contribution in [1.82, 2.24) is 15.5 Å². The second-order valence-electron chi connectivity index (χ2n) is 3.91. The monoisotopic (exact) mass is 251 g/mol. The Kier molecular flexibility index (Phi) is 4.92. The summed E-state index contributed by atoms with van der Waals surface area (Å²) in [4.78, 5) is 3.88. The average Bonchev–Trinajstić information content (AvgIpc) is 2.70. The Hall–Kier alpha value is -1.11. The molecule has 1 aromatic heterocycles. The fourth-order valence-electron chi connectivity index (χ4n) is 1.12. The normalized spacial score (nSPS) is 13.9. The molecule has 17 heavy (non-hydrogen) atoms. The summed E-state index contributed by atoms with van der Waals surface area (Å²) in [6.45, 7) is 4.41. The van der Waals surface area contributed by atoms with Crippen molar-refractivity contribution in [3.8, 4) is 0 Å². The molecule has 1 aromatic rings. The van der Waals surface area contributed by atoms with Gasteiger partial charge in [-0.25, -0.2) is 0 Å². The smallest absolute Gasteiger partial charge is 0.338 e. The van der Waals surface area contributed by atoms with Gasteiger partial charge in [0.05, 0.1) is 13.0 Å². The third kappa shape index (κ3) is 5.67. The van der Waals surface area contributed by atoms with Gasteiger partial charge in [-0.2, -0.15) is 18.2 Å². The van der Waals surface area contributed by atoms with E-state index in [0.29, 0.717) is 18.5 Å². The maximum atomic E-state index is 11.9. The molecule has 1 unspecified atom stereocenters. The highest BCUT2D eigenvalue weighted by Crippen LogP contribution is 2.21. The molecule has 0 spiro atoms.